The first kappa shape index (κ1) is 19.4. The van der Waals surface area contributed by atoms with Gasteiger partial charge in [0, 0.05) is 11.6 Å². The average molecular weight is 393 g/mol. The first-order chi connectivity index (χ1) is 14.0. The number of benzene rings is 2. The molecule has 0 saturated heterocycles. The summed E-state index contributed by atoms with van der Waals surface area (Å²) in [6.07, 6.45) is 6.30. The Labute approximate surface area is 169 Å². The molecule has 0 spiro atoms. The summed E-state index contributed by atoms with van der Waals surface area (Å²) < 4.78 is 19.4. The number of esters is 1. The molecule has 29 heavy (non-hydrogen) atoms. The Morgan fingerprint density at radius 2 is 1.86 bits per heavy atom. The van der Waals surface area contributed by atoms with Gasteiger partial charge in [0.25, 0.3) is 0 Å². The van der Waals surface area contributed by atoms with Gasteiger partial charge in [0.15, 0.2) is 0 Å². The minimum Gasteiger partial charge on any atom is -0.423 e. The molecule has 0 radical (unpaired) electrons. The minimum absolute atomic E-state index is 0.107. The van der Waals surface area contributed by atoms with Crippen molar-refractivity contribution in [3.8, 4) is 5.75 Å². The van der Waals surface area contributed by atoms with E-state index in [2.05, 4.69) is 11.9 Å². The largest absolute Gasteiger partial charge is 0.423 e. The zero-order valence-corrected chi connectivity index (χ0v) is 16.5. The molecule has 1 N–H and O–H groups in total. The van der Waals surface area contributed by atoms with Crippen LogP contribution in [0.3, 0.4) is 0 Å². The van der Waals surface area contributed by atoms with Crippen LogP contribution in [0.15, 0.2) is 49.1 Å². The number of nitrogens with one attached hydrogen (secondary N) is 1. The summed E-state index contributed by atoms with van der Waals surface area (Å²) in [6.45, 7) is 5.10. The monoisotopic (exact) mass is 393 g/mol. The van der Waals surface area contributed by atoms with Gasteiger partial charge in [-0.1, -0.05) is 44.0 Å². The van der Waals surface area contributed by atoms with Crippen molar-refractivity contribution in [3.63, 3.8) is 0 Å². The number of carbonyl (C=O) groups is 2. The lowest BCUT2D eigenvalue weighted by Gasteiger charge is -2.39. The van der Waals surface area contributed by atoms with Gasteiger partial charge in [0.05, 0.1) is 5.69 Å². The Hall–Kier alpha value is -2.95. The molecule has 4 nitrogen and oxygen atoms in total. The highest BCUT2D eigenvalue weighted by atomic mass is 19.1. The van der Waals surface area contributed by atoms with Gasteiger partial charge >= 0.3 is 5.97 Å². The molecular formula is C24H24FNO3. The third kappa shape index (κ3) is 3.05. The van der Waals surface area contributed by atoms with Crippen molar-refractivity contribution in [2.24, 2.45) is 5.92 Å². The van der Waals surface area contributed by atoms with Gasteiger partial charge in [-0.25, -0.2) is 9.18 Å². The number of hydrogen-bond donors (Lipinski definition) is 1. The van der Waals surface area contributed by atoms with Crippen molar-refractivity contribution in [2.75, 3.05) is 5.32 Å². The zero-order valence-electron chi connectivity index (χ0n) is 16.5. The van der Waals surface area contributed by atoms with E-state index in [1.54, 1.807) is 25.1 Å². The van der Waals surface area contributed by atoms with Crippen LogP contribution >= 0.6 is 0 Å². The van der Waals surface area contributed by atoms with Crippen molar-refractivity contribution in [1.29, 1.82) is 0 Å². The van der Waals surface area contributed by atoms with Crippen LogP contribution in [-0.4, -0.2) is 11.9 Å². The smallest absolute Gasteiger partial charge is 0.335 e. The molecule has 1 unspecified atom stereocenters. The quantitative estimate of drug-likeness (QED) is 0.450. The van der Waals surface area contributed by atoms with Crippen LogP contribution in [0.1, 0.15) is 48.8 Å². The molecule has 1 heterocycles. The molecule has 0 aromatic heterocycles. The summed E-state index contributed by atoms with van der Waals surface area (Å²) in [5, 5.41) is 2.97. The molecule has 2 aliphatic rings. The molecule has 1 aliphatic heterocycles. The predicted octanol–water partition coefficient (Wildman–Crippen LogP) is 5.04. The van der Waals surface area contributed by atoms with E-state index in [1.165, 1.54) is 12.5 Å². The minimum atomic E-state index is -0.866. The Balaban J connectivity index is 1.86. The fourth-order valence-electron chi connectivity index (χ4n) is 4.92. The SMILES string of the molecule is C=CC(=O)Oc1ccc(C2(C3CCCCC3)C(=O)Nc3c2ccc(F)c3C)cc1. The molecule has 0 bridgehead atoms. The highest BCUT2D eigenvalue weighted by molar-refractivity contribution is 6.09. The van der Waals surface area contributed by atoms with E-state index in [9.17, 15) is 14.0 Å². The first-order valence-corrected chi connectivity index (χ1v) is 10.0. The molecule has 1 atom stereocenters. The van der Waals surface area contributed by atoms with Crippen molar-refractivity contribution in [2.45, 2.75) is 44.4 Å². The van der Waals surface area contributed by atoms with Crippen LogP contribution in [0, 0.1) is 18.7 Å². The second kappa shape index (κ2) is 7.47. The Bertz CT molecular complexity index is 976. The maximum absolute atomic E-state index is 14.2. The highest BCUT2D eigenvalue weighted by Crippen LogP contribution is 2.53. The number of carbonyl (C=O) groups excluding carboxylic acids is 2. The van der Waals surface area contributed by atoms with Crippen molar-refractivity contribution >= 4 is 17.6 Å². The molecular weight excluding hydrogens is 369 g/mol. The molecule has 1 aliphatic carbocycles. The van der Waals surface area contributed by atoms with Gasteiger partial charge in [-0.15, -0.1) is 0 Å². The number of halogens is 1. The van der Waals surface area contributed by atoms with Gasteiger partial charge in [-0.3, -0.25) is 4.79 Å². The van der Waals surface area contributed by atoms with E-state index in [4.69, 9.17) is 4.74 Å². The lowest BCUT2D eigenvalue weighted by atomic mass is 9.62. The van der Waals surface area contributed by atoms with Gasteiger partial charge < -0.3 is 10.1 Å². The topological polar surface area (TPSA) is 55.4 Å². The van der Waals surface area contributed by atoms with Crippen LogP contribution in [0.5, 0.6) is 5.75 Å². The maximum atomic E-state index is 14.2. The van der Waals surface area contributed by atoms with E-state index in [1.807, 2.05) is 12.1 Å². The van der Waals surface area contributed by atoms with Gasteiger partial charge in [0.1, 0.15) is 17.0 Å². The van der Waals surface area contributed by atoms with Crippen LogP contribution in [0.4, 0.5) is 10.1 Å². The van der Waals surface area contributed by atoms with E-state index < -0.39 is 11.4 Å². The number of amides is 1. The molecule has 1 fully saturated rings. The highest BCUT2D eigenvalue weighted by Gasteiger charge is 2.53. The summed E-state index contributed by atoms with van der Waals surface area (Å²) in [6, 6.07) is 10.3. The van der Waals surface area contributed by atoms with E-state index in [-0.39, 0.29) is 17.6 Å². The fourth-order valence-corrected chi connectivity index (χ4v) is 4.92. The van der Waals surface area contributed by atoms with Crippen LogP contribution < -0.4 is 10.1 Å². The van der Waals surface area contributed by atoms with Crippen molar-refractivity contribution in [1.82, 2.24) is 0 Å². The second-order valence-electron chi connectivity index (χ2n) is 7.84. The zero-order chi connectivity index (χ0) is 20.6. The van der Waals surface area contributed by atoms with E-state index in [0.29, 0.717) is 17.0 Å². The molecule has 1 amide bonds. The average Bonchev–Trinajstić information content (AvgIpc) is 3.05. The Morgan fingerprint density at radius 3 is 2.52 bits per heavy atom. The molecule has 150 valence electrons. The molecule has 2 aromatic rings. The molecule has 2 aromatic carbocycles. The number of anilines is 1. The third-order valence-corrected chi connectivity index (χ3v) is 6.33. The van der Waals surface area contributed by atoms with E-state index >= 15 is 0 Å². The van der Waals surface area contributed by atoms with Crippen LogP contribution in [0.25, 0.3) is 0 Å². The van der Waals surface area contributed by atoms with Crippen molar-refractivity contribution < 1.29 is 18.7 Å². The van der Waals surface area contributed by atoms with Gasteiger partial charge in [0.2, 0.25) is 5.91 Å². The lowest BCUT2D eigenvalue weighted by Crippen LogP contribution is -2.43. The molecule has 1 saturated carbocycles. The Kier molecular flexibility index (Phi) is 4.99. The number of ether oxygens (including phenoxy) is 1. The third-order valence-electron chi connectivity index (χ3n) is 6.33. The molecule has 5 heteroatoms. The van der Waals surface area contributed by atoms with E-state index in [0.717, 1.165) is 42.9 Å². The maximum Gasteiger partial charge on any atom is 0.335 e. The number of fused-ring (bicyclic) bond motifs is 1. The summed E-state index contributed by atoms with van der Waals surface area (Å²) in [4.78, 5) is 25.0. The summed E-state index contributed by atoms with van der Waals surface area (Å²) in [5.41, 5.74) is 1.86. The normalized spacial score (nSPS) is 21.4. The molecule has 4 rings (SSSR count). The summed E-state index contributed by atoms with van der Waals surface area (Å²) in [5.74, 6) is -0.441. The first-order valence-electron chi connectivity index (χ1n) is 10.0. The summed E-state index contributed by atoms with van der Waals surface area (Å²) in [7, 11) is 0. The predicted molar refractivity (Wildman–Crippen MR) is 109 cm³/mol. The number of rotatable bonds is 4. The fraction of sp³-hybridized carbons (Fsp3) is 0.333. The number of hydrogen-bond acceptors (Lipinski definition) is 3. The van der Waals surface area contributed by atoms with Gasteiger partial charge in [-0.05, 0) is 55.0 Å². The van der Waals surface area contributed by atoms with Crippen LogP contribution in [0.2, 0.25) is 0 Å². The summed E-state index contributed by atoms with van der Waals surface area (Å²) >= 11 is 0. The Morgan fingerprint density at radius 1 is 1.17 bits per heavy atom. The lowest BCUT2D eigenvalue weighted by molar-refractivity contribution is -0.129. The van der Waals surface area contributed by atoms with Gasteiger partial charge in [-0.2, -0.15) is 0 Å². The van der Waals surface area contributed by atoms with Crippen molar-refractivity contribution in [3.05, 3.63) is 71.6 Å². The standard InChI is InChI=1S/C24H24FNO3/c1-3-21(27)29-18-11-9-17(10-12-18)24(16-7-5-4-6-8-16)19-13-14-20(25)15(2)22(19)26-23(24)28/h3,9-14,16H,1,4-8H2,2H3,(H,26,28). The second-order valence-corrected chi connectivity index (χ2v) is 7.84. The van der Waals surface area contributed by atoms with Crippen LogP contribution in [-0.2, 0) is 15.0 Å².